The molecule has 1 N–H and O–H groups in total. The van der Waals surface area contributed by atoms with Crippen LogP contribution in [-0.2, 0) is 4.79 Å². The zero-order valence-corrected chi connectivity index (χ0v) is 14.8. The lowest BCUT2D eigenvalue weighted by atomic mass is 10.0. The zero-order chi connectivity index (χ0) is 17.0. The van der Waals surface area contributed by atoms with E-state index in [0.29, 0.717) is 26.6 Å². The summed E-state index contributed by atoms with van der Waals surface area (Å²) in [5, 5.41) is 10.2. The first-order valence-electron chi connectivity index (χ1n) is 6.58. The van der Waals surface area contributed by atoms with Crippen LogP contribution in [0.15, 0.2) is 40.9 Å². The van der Waals surface area contributed by atoms with E-state index in [4.69, 9.17) is 21.1 Å². The molecule has 0 aliphatic carbocycles. The quantitative estimate of drug-likeness (QED) is 0.584. The fourth-order valence-corrected chi connectivity index (χ4v) is 2.70. The van der Waals surface area contributed by atoms with Crippen LogP contribution in [-0.4, -0.2) is 25.3 Å². The number of ether oxygens (including phenoxy) is 2. The third kappa shape index (κ3) is 4.06. The van der Waals surface area contributed by atoms with Gasteiger partial charge >= 0.3 is 5.97 Å². The van der Waals surface area contributed by atoms with Gasteiger partial charge < -0.3 is 14.6 Å². The molecular formula is C17H14BrClO4. The molecule has 2 aromatic rings. The van der Waals surface area contributed by atoms with E-state index in [1.54, 1.807) is 42.5 Å². The minimum Gasteiger partial charge on any atom is -0.493 e. The van der Waals surface area contributed by atoms with E-state index in [0.717, 1.165) is 5.56 Å². The van der Waals surface area contributed by atoms with E-state index >= 15 is 0 Å². The van der Waals surface area contributed by atoms with Crippen molar-refractivity contribution in [1.82, 2.24) is 0 Å². The van der Waals surface area contributed by atoms with Gasteiger partial charge in [0.05, 0.1) is 19.8 Å². The van der Waals surface area contributed by atoms with Crippen molar-refractivity contribution in [3.8, 4) is 11.5 Å². The summed E-state index contributed by atoms with van der Waals surface area (Å²) < 4.78 is 11.0. The summed E-state index contributed by atoms with van der Waals surface area (Å²) in [6.45, 7) is 0. The van der Waals surface area contributed by atoms with Crippen LogP contribution in [0.25, 0.3) is 11.6 Å². The second-order valence-corrected chi connectivity index (χ2v) is 5.89. The van der Waals surface area contributed by atoms with Crippen molar-refractivity contribution in [2.24, 2.45) is 0 Å². The van der Waals surface area contributed by atoms with Crippen LogP contribution in [0.1, 0.15) is 11.1 Å². The molecule has 2 rings (SSSR count). The molecule has 0 atom stereocenters. The first kappa shape index (κ1) is 17.4. The van der Waals surface area contributed by atoms with E-state index < -0.39 is 5.97 Å². The number of methoxy groups -OCH3 is 2. The van der Waals surface area contributed by atoms with Gasteiger partial charge in [-0.25, -0.2) is 4.79 Å². The molecule has 120 valence electrons. The van der Waals surface area contributed by atoms with E-state index in [-0.39, 0.29) is 5.57 Å². The minimum absolute atomic E-state index is 0.125. The number of carboxylic acids is 1. The Bertz CT molecular complexity index is 754. The third-order valence-corrected chi connectivity index (χ3v) is 4.08. The van der Waals surface area contributed by atoms with Gasteiger partial charge in [0.25, 0.3) is 0 Å². The molecule has 0 saturated heterocycles. The molecule has 0 fully saturated rings. The lowest BCUT2D eigenvalue weighted by molar-refractivity contribution is -0.130. The topological polar surface area (TPSA) is 55.8 Å². The summed E-state index contributed by atoms with van der Waals surface area (Å²) >= 11 is 9.24. The molecule has 6 heteroatoms. The van der Waals surface area contributed by atoms with Crippen molar-refractivity contribution in [3.63, 3.8) is 0 Å². The van der Waals surface area contributed by atoms with Crippen molar-refractivity contribution in [3.05, 3.63) is 57.0 Å². The molecule has 0 aliphatic rings. The Morgan fingerprint density at radius 2 is 1.70 bits per heavy atom. The monoisotopic (exact) mass is 396 g/mol. The van der Waals surface area contributed by atoms with E-state index in [1.165, 1.54) is 14.2 Å². The Morgan fingerprint density at radius 1 is 1.13 bits per heavy atom. The molecule has 0 aliphatic heterocycles. The zero-order valence-electron chi connectivity index (χ0n) is 12.5. The summed E-state index contributed by atoms with van der Waals surface area (Å²) in [7, 11) is 3.02. The second-order valence-electron chi connectivity index (χ2n) is 4.60. The number of hydrogen-bond donors (Lipinski definition) is 1. The summed E-state index contributed by atoms with van der Waals surface area (Å²) in [6.07, 6.45) is 1.57. The van der Waals surface area contributed by atoms with Crippen LogP contribution >= 0.6 is 27.5 Å². The Hall–Kier alpha value is -1.98. The molecule has 0 heterocycles. The number of carbonyl (C=O) groups is 1. The summed E-state index contributed by atoms with van der Waals surface area (Å²) in [5.74, 6) is -0.0822. The SMILES string of the molecule is COc1cc(Br)c(C(=Cc2ccc(Cl)cc2)C(=O)O)cc1OC. The van der Waals surface area contributed by atoms with Crippen LogP contribution in [0.2, 0.25) is 5.02 Å². The highest BCUT2D eigenvalue weighted by molar-refractivity contribution is 9.10. The van der Waals surface area contributed by atoms with Gasteiger partial charge in [-0.2, -0.15) is 0 Å². The number of benzene rings is 2. The largest absolute Gasteiger partial charge is 0.493 e. The van der Waals surface area contributed by atoms with Crippen LogP contribution in [0.4, 0.5) is 0 Å². The number of hydrogen-bond acceptors (Lipinski definition) is 3. The van der Waals surface area contributed by atoms with Crippen molar-refractivity contribution in [2.45, 2.75) is 0 Å². The lowest BCUT2D eigenvalue weighted by Crippen LogP contribution is -2.02. The predicted molar refractivity (Wildman–Crippen MR) is 94.2 cm³/mol. The Balaban J connectivity index is 2.58. The fourth-order valence-electron chi connectivity index (χ4n) is 2.04. The minimum atomic E-state index is -1.05. The molecule has 23 heavy (non-hydrogen) atoms. The molecule has 0 spiro atoms. The average molecular weight is 398 g/mol. The maximum Gasteiger partial charge on any atom is 0.336 e. The van der Waals surface area contributed by atoms with Crippen molar-refractivity contribution in [1.29, 1.82) is 0 Å². The number of rotatable bonds is 5. The van der Waals surface area contributed by atoms with Gasteiger partial charge in [-0.1, -0.05) is 39.7 Å². The Kier molecular flexibility index (Phi) is 5.69. The Morgan fingerprint density at radius 3 is 2.22 bits per heavy atom. The van der Waals surface area contributed by atoms with Crippen LogP contribution in [0.5, 0.6) is 11.5 Å². The first-order valence-corrected chi connectivity index (χ1v) is 7.75. The summed E-state index contributed by atoms with van der Waals surface area (Å²) in [4.78, 5) is 11.7. The number of carboxylic acid groups (broad SMARTS) is 1. The van der Waals surface area contributed by atoms with Crippen molar-refractivity contribution < 1.29 is 19.4 Å². The van der Waals surface area contributed by atoms with Crippen molar-refractivity contribution in [2.75, 3.05) is 14.2 Å². The van der Waals surface area contributed by atoms with Crippen LogP contribution in [0, 0.1) is 0 Å². The lowest BCUT2D eigenvalue weighted by Gasteiger charge is -2.12. The first-order chi connectivity index (χ1) is 11.0. The molecular weight excluding hydrogens is 384 g/mol. The summed E-state index contributed by atoms with van der Waals surface area (Å²) in [6, 6.07) is 10.2. The number of aliphatic carboxylic acids is 1. The van der Waals surface area contributed by atoms with Gasteiger partial charge in [0.15, 0.2) is 11.5 Å². The predicted octanol–water partition coefficient (Wildman–Crippen LogP) is 4.74. The van der Waals surface area contributed by atoms with Gasteiger partial charge in [-0.05, 0) is 35.9 Å². The van der Waals surface area contributed by atoms with Gasteiger partial charge in [0.1, 0.15) is 0 Å². The molecule has 0 aromatic heterocycles. The van der Waals surface area contributed by atoms with Gasteiger partial charge in [-0.15, -0.1) is 0 Å². The maximum absolute atomic E-state index is 11.7. The summed E-state index contributed by atoms with van der Waals surface area (Å²) in [5.41, 5.74) is 1.35. The smallest absolute Gasteiger partial charge is 0.336 e. The fraction of sp³-hybridized carbons (Fsp3) is 0.118. The van der Waals surface area contributed by atoms with Gasteiger partial charge in [0, 0.05) is 15.1 Å². The second kappa shape index (κ2) is 7.53. The molecule has 0 bridgehead atoms. The normalized spacial score (nSPS) is 11.2. The van der Waals surface area contributed by atoms with Crippen molar-refractivity contribution >= 4 is 45.1 Å². The Labute approximate surface area is 147 Å². The third-order valence-electron chi connectivity index (χ3n) is 3.17. The number of halogens is 2. The molecule has 0 radical (unpaired) electrons. The van der Waals surface area contributed by atoms with E-state index in [9.17, 15) is 9.90 Å². The molecule has 4 nitrogen and oxygen atoms in total. The van der Waals surface area contributed by atoms with Crippen LogP contribution < -0.4 is 9.47 Å². The average Bonchev–Trinajstić information content (AvgIpc) is 2.54. The standard InChI is InChI=1S/C17H14BrClO4/c1-22-15-8-12(14(18)9-16(15)23-2)13(17(20)21)7-10-3-5-11(19)6-4-10/h3-9H,1-2H3,(H,20,21). The molecule has 0 amide bonds. The highest BCUT2D eigenvalue weighted by atomic mass is 79.9. The van der Waals surface area contributed by atoms with Gasteiger partial charge in [0.2, 0.25) is 0 Å². The van der Waals surface area contributed by atoms with Gasteiger partial charge in [-0.3, -0.25) is 0 Å². The van der Waals surface area contributed by atoms with E-state index in [2.05, 4.69) is 15.9 Å². The molecule has 0 unspecified atom stereocenters. The maximum atomic E-state index is 11.7. The van der Waals surface area contributed by atoms with Crippen LogP contribution in [0.3, 0.4) is 0 Å². The molecule has 2 aromatic carbocycles. The van der Waals surface area contributed by atoms with E-state index in [1.807, 2.05) is 0 Å². The molecule has 0 saturated carbocycles. The highest BCUT2D eigenvalue weighted by Crippen LogP contribution is 2.37. The highest BCUT2D eigenvalue weighted by Gasteiger charge is 2.17.